The van der Waals surface area contributed by atoms with Crippen molar-refractivity contribution in [2.24, 2.45) is 0 Å². The van der Waals surface area contributed by atoms with E-state index in [4.69, 9.17) is 0 Å². The summed E-state index contributed by atoms with van der Waals surface area (Å²) >= 11 is 0. The first kappa shape index (κ1) is 14.1. The number of sulfone groups is 1. The third kappa shape index (κ3) is 2.97. The zero-order valence-corrected chi connectivity index (χ0v) is 12.3. The SMILES string of the molecule is CC(=O)N(c1ccc(C)c(C)c1)[C@H]1CCS(=O)(=O)C1. The molecule has 19 heavy (non-hydrogen) atoms. The lowest BCUT2D eigenvalue weighted by molar-refractivity contribution is -0.116. The molecule has 0 saturated carbocycles. The van der Waals surface area contributed by atoms with Crippen molar-refractivity contribution >= 4 is 21.4 Å². The summed E-state index contributed by atoms with van der Waals surface area (Å²) in [4.78, 5) is 13.5. The number of benzene rings is 1. The lowest BCUT2D eigenvalue weighted by atomic mass is 10.1. The van der Waals surface area contributed by atoms with Crippen molar-refractivity contribution in [1.82, 2.24) is 0 Å². The topological polar surface area (TPSA) is 54.5 Å². The number of aryl methyl sites for hydroxylation is 2. The highest BCUT2D eigenvalue weighted by molar-refractivity contribution is 7.91. The van der Waals surface area contributed by atoms with E-state index in [2.05, 4.69) is 0 Å². The van der Waals surface area contributed by atoms with Gasteiger partial charge in [-0.2, -0.15) is 0 Å². The van der Waals surface area contributed by atoms with Crippen molar-refractivity contribution in [1.29, 1.82) is 0 Å². The summed E-state index contributed by atoms with van der Waals surface area (Å²) in [5.41, 5.74) is 3.05. The maximum absolute atomic E-state index is 11.9. The second kappa shape index (κ2) is 4.96. The molecule has 0 aliphatic carbocycles. The van der Waals surface area contributed by atoms with Crippen molar-refractivity contribution in [2.45, 2.75) is 33.2 Å². The maximum atomic E-state index is 11.9. The largest absolute Gasteiger partial charge is 0.309 e. The standard InChI is InChI=1S/C14H19NO3S/c1-10-4-5-13(8-11(10)2)15(12(3)16)14-6-7-19(17,18)9-14/h4-5,8,14H,6-7,9H2,1-3H3/t14-/m0/s1. The van der Waals surface area contributed by atoms with Crippen LogP contribution >= 0.6 is 0 Å². The Morgan fingerprint density at radius 1 is 1.26 bits per heavy atom. The molecule has 1 aromatic rings. The number of carbonyl (C=O) groups is 1. The smallest absolute Gasteiger partial charge is 0.224 e. The van der Waals surface area contributed by atoms with E-state index in [1.54, 1.807) is 4.90 Å². The molecule has 0 unspecified atom stereocenters. The Kier molecular flexibility index (Phi) is 3.67. The first-order valence-electron chi connectivity index (χ1n) is 6.37. The van der Waals surface area contributed by atoms with Gasteiger partial charge in [-0.1, -0.05) is 6.07 Å². The molecule has 1 atom stereocenters. The number of carbonyl (C=O) groups excluding carboxylic acids is 1. The first-order valence-corrected chi connectivity index (χ1v) is 8.20. The Hall–Kier alpha value is -1.36. The fraction of sp³-hybridized carbons (Fsp3) is 0.500. The van der Waals surface area contributed by atoms with Gasteiger partial charge in [-0.15, -0.1) is 0 Å². The van der Waals surface area contributed by atoms with Gasteiger partial charge in [0.15, 0.2) is 9.84 Å². The van der Waals surface area contributed by atoms with Gasteiger partial charge in [-0.05, 0) is 43.5 Å². The molecule has 1 fully saturated rings. The van der Waals surface area contributed by atoms with Gasteiger partial charge < -0.3 is 4.90 Å². The lowest BCUT2D eigenvalue weighted by Crippen LogP contribution is -2.40. The number of nitrogens with zero attached hydrogens (tertiary/aromatic N) is 1. The quantitative estimate of drug-likeness (QED) is 0.831. The minimum atomic E-state index is -2.99. The number of rotatable bonds is 2. The van der Waals surface area contributed by atoms with Crippen LogP contribution in [0.2, 0.25) is 0 Å². The van der Waals surface area contributed by atoms with E-state index in [1.165, 1.54) is 6.92 Å². The summed E-state index contributed by atoms with van der Waals surface area (Å²) in [6.45, 7) is 5.49. The minimum absolute atomic E-state index is 0.0690. The monoisotopic (exact) mass is 281 g/mol. The normalized spacial score (nSPS) is 21.3. The molecular formula is C14H19NO3S. The highest BCUT2D eigenvalue weighted by Gasteiger charge is 2.34. The molecule has 1 aliphatic rings. The average molecular weight is 281 g/mol. The van der Waals surface area contributed by atoms with Crippen LogP contribution in [0.15, 0.2) is 18.2 Å². The van der Waals surface area contributed by atoms with Crippen molar-refractivity contribution in [3.05, 3.63) is 29.3 Å². The summed E-state index contributed by atoms with van der Waals surface area (Å²) in [6.07, 6.45) is 0.523. The third-order valence-electron chi connectivity index (χ3n) is 3.68. The zero-order chi connectivity index (χ0) is 14.2. The Morgan fingerprint density at radius 2 is 1.95 bits per heavy atom. The highest BCUT2D eigenvalue weighted by Crippen LogP contribution is 2.26. The van der Waals surface area contributed by atoms with Crippen LogP contribution in [0.5, 0.6) is 0 Å². The van der Waals surface area contributed by atoms with Crippen molar-refractivity contribution in [3.63, 3.8) is 0 Å². The Balaban J connectivity index is 2.36. The number of amides is 1. The van der Waals surface area contributed by atoms with Crippen LogP contribution in [0, 0.1) is 13.8 Å². The van der Waals surface area contributed by atoms with Crippen molar-refractivity contribution < 1.29 is 13.2 Å². The van der Waals surface area contributed by atoms with Crippen LogP contribution in [-0.4, -0.2) is 31.9 Å². The third-order valence-corrected chi connectivity index (χ3v) is 5.43. The first-order chi connectivity index (χ1) is 8.80. The van der Waals surface area contributed by atoms with Gasteiger partial charge in [0.25, 0.3) is 0 Å². The minimum Gasteiger partial charge on any atom is -0.309 e. The maximum Gasteiger partial charge on any atom is 0.224 e. The lowest BCUT2D eigenvalue weighted by Gasteiger charge is -2.27. The molecule has 0 aromatic heterocycles. The van der Waals surface area contributed by atoms with Gasteiger partial charge in [0.1, 0.15) is 0 Å². The van der Waals surface area contributed by atoms with E-state index >= 15 is 0 Å². The van der Waals surface area contributed by atoms with E-state index in [-0.39, 0.29) is 23.5 Å². The van der Waals surface area contributed by atoms with Gasteiger partial charge in [0.05, 0.1) is 17.5 Å². The summed E-state index contributed by atoms with van der Waals surface area (Å²) in [7, 11) is -2.99. The molecule has 4 nitrogen and oxygen atoms in total. The van der Waals surface area contributed by atoms with E-state index in [0.717, 1.165) is 16.8 Å². The average Bonchev–Trinajstić information content (AvgIpc) is 2.64. The molecule has 1 heterocycles. The summed E-state index contributed by atoms with van der Waals surface area (Å²) in [5.74, 6) is 0.136. The Labute approximate surface area is 114 Å². The summed E-state index contributed by atoms with van der Waals surface area (Å²) < 4.78 is 23.2. The molecule has 0 radical (unpaired) electrons. The predicted molar refractivity (Wildman–Crippen MR) is 76.1 cm³/mol. The Morgan fingerprint density at radius 3 is 2.42 bits per heavy atom. The van der Waals surface area contributed by atoms with Crippen LogP contribution < -0.4 is 4.90 Å². The van der Waals surface area contributed by atoms with Crippen LogP contribution in [-0.2, 0) is 14.6 Å². The van der Waals surface area contributed by atoms with E-state index in [0.29, 0.717) is 6.42 Å². The highest BCUT2D eigenvalue weighted by atomic mass is 32.2. The van der Waals surface area contributed by atoms with Gasteiger partial charge in [0, 0.05) is 12.6 Å². The predicted octanol–water partition coefficient (Wildman–Crippen LogP) is 1.84. The molecule has 1 amide bonds. The van der Waals surface area contributed by atoms with Crippen LogP contribution in [0.25, 0.3) is 0 Å². The molecule has 1 saturated heterocycles. The van der Waals surface area contributed by atoms with Gasteiger partial charge >= 0.3 is 0 Å². The van der Waals surface area contributed by atoms with Gasteiger partial charge in [-0.3, -0.25) is 4.79 Å². The second-order valence-electron chi connectivity index (χ2n) is 5.21. The molecule has 0 spiro atoms. The van der Waals surface area contributed by atoms with Gasteiger partial charge in [-0.25, -0.2) is 8.42 Å². The Bertz CT molecular complexity index is 607. The number of hydrogen-bond acceptors (Lipinski definition) is 3. The van der Waals surface area contributed by atoms with Crippen LogP contribution in [0.1, 0.15) is 24.5 Å². The fourth-order valence-corrected chi connectivity index (χ4v) is 4.20. The molecule has 0 N–H and O–H groups in total. The van der Waals surface area contributed by atoms with Crippen LogP contribution in [0.3, 0.4) is 0 Å². The molecule has 1 aliphatic heterocycles. The molecule has 2 rings (SSSR count). The zero-order valence-electron chi connectivity index (χ0n) is 11.5. The van der Waals surface area contributed by atoms with E-state index < -0.39 is 9.84 Å². The molecule has 0 bridgehead atoms. The van der Waals surface area contributed by atoms with E-state index in [9.17, 15) is 13.2 Å². The van der Waals surface area contributed by atoms with Crippen molar-refractivity contribution in [2.75, 3.05) is 16.4 Å². The van der Waals surface area contributed by atoms with Crippen LogP contribution in [0.4, 0.5) is 5.69 Å². The molecule has 5 heteroatoms. The summed E-state index contributed by atoms with van der Waals surface area (Å²) in [6, 6.07) is 5.56. The molecule has 104 valence electrons. The van der Waals surface area contributed by atoms with Crippen molar-refractivity contribution in [3.8, 4) is 0 Å². The molecular weight excluding hydrogens is 262 g/mol. The van der Waals surface area contributed by atoms with E-state index in [1.807, 2.05) is 32.0 Å². The molecule has 1 aromatic carbocycles. The summed E-state index contributed by atoms with van der Waals surface area (Å²) in [5, 5.41) is 0. The second-order valence-corrected chi connectivity index (χ2v) is 7.44. The fourth-order valence-electron chi connectivity index (χ4n) is 2.50. The number of anilines is 1. The van der Waals surface area contributed by atoms with Gasteiger partial charge in [0.2, 0.25) is 5.91 Å². The number of hydrogen-bond donors (Lipinski definition) is 0.